The fourth-order valence-electron chi connectivity index (χ4n) is 4.01. The third kappa shape index (κ3) is 6.74. The maximum Gasteiger partial charge on any atom is 0.169 e. The average Bonchev–Trinajstić information content (AvgIpc) is 2.71. The molecule has 2 aromatic rings. The zero-order chi connectivity index (χ0) is 20.5. The Bertz CT molecular complexity index is 767. The molecule has 0 amide bonds. The minimum atomic E-state index is 0.498. The van der Waals surface area contributed by atoms with E-state index in [0.717, 1.165) is 24.0 Å². The maximum absolute atomic E-state index is 5.91. The van der Waals surface area contributed by atoms with E-state index < -0.39 is 0 Å². The summed E-state index contributed by atoms with van der Waals surface area (Å²) in [5, 5.41) is 4.57. The van der Waals surface area contributed by atoms with Gasteiger partial charge in [0.1, 0.15) is 5.75 Å². The molecule has 156 valence electrons. The largest absolute Gasteiger partial charge is 0.497 e. The van der Waals surface area contributed by atoms with E-state index in [1.165, 1.54) is 61.6 Å². The molecule has 4 heteroatoms. The van der Waals surface area contributed by atoms with E-state index in [-0.39, 0.29) is 0 Å². The van der Waals surface area contributed by atoms with E-state index in [0.29, 0.717) is 6.04 Å². The van der Waals surface area contributed by atoms with Crippen LogP contribution in [0.4, 0.5) is 0 Å². The van der Waals surface area contributed by atoms with Crippen molar-refractivity contribution in [2.45, 2.75) is 71.0 Å². The van der Waals surface area contributed by atoms with Gasteiger partial charge in [-0.2, -0.15) is 0 Å². The lowest BCUT2D eigenvalue weighted by atomic mass is 9.97. The Balaban J connectivity index is 1.73. The zero-order valence-electron chi connectivity index (χ0n) is 17.8. The predicted octanol–water partition coefficient (Wildman–Crippen LogP) is 5.99. The molecule has 1 saturated carbocycles. The van der Waals surface area contributed by atoms with Crippen LogP contribution in [0.1, 0.15) is 61.6 Å². The van der Waals surface area contributed by atoms with E-state index in [1.807, 2.05) is 12.1 Å². The Morgan fingerprint density at radius 1 is 0.966 bits per heavy atom. The molecular formula is C25H34N2OS. The maximum atomic E-state index is 5.91. The van der Waals surface area contributed by atoms with Crippen molar-refractivity contribution in [2.75, 3.05) is 7.11 Å². The average molecular weight is 411 g/mol. The molecule has 3 rings (SSSR count). The summed E-state index contributed by atoms with van der Waals surface area (Å²) < 4.78 is 5.30. The topological polar surface area (TPSA) is 24.5 Å². The van der Waals surface area contributed by atoms with E-state index in [2.05, 4.69) is 53.5 Å². The van der Waals surface area contributed by atoms with Crippen LogP contribution in [0, 0.1) is 6.92 Å². The number of aryl methyl sites for hydroxylation is 1. The molecule has 0 aromatic heterocycles. The molecule has 2 aromatic carbocycles. The summed E-state index contributed by atoms with van der Waals surface area (Å²) >= 11 is 5.91. The van der Waals surface area contributed by atoms with Crippen LogP contribution in [-0.4, -0.2) is 23.2 Å². The molecule has 1 N–H and O–H groups in total. The van der Waals surface area contributed by atoms with Crippen LogP contribution >= 0.6 is 12.2 Å². The van der Waals surface area contributed by atoms with Gasteiger partial charge in [-0.1, -0.05) is 68.5 Å². The van der Waals surface area contributed by atoms with Crippen molar-refractivity contribution in [3.05, 3.63) is 65.2 Å². The Morgan fingerprint density at radius 2 is 1.62 bits per heavy atom. The van der Waals surface area contributed by atoms with Crippen LogP contribution in [0.2, 0.25) is 0 Å². The molecule has 1 fully saturated rings. The van der Waals surface area contributed by atoms with Gasteiger partial charge in [-0.3, -0.25) is 0 Å². The molecule has 3 nitrogen and oxygen atoms in total. The fourth-order valence-corrected chi connectivity index (χ4v) is 4.31. The summed E-state index contributed by atoms with van der Waals surface area (Å²) in [6, 6.07) is 17.4. The first kappa shape index (κ1) is 21.6. The molecule has 1 aliphatic rings. The molecular weight excluding hydrogens is 376 g/mol. The number of methoxy groups -OCH3 is 1. The molecule has 0 atom stereocenters. The number of hydrogen-bond acceptors (Lipinski definition) is 2. The Morgan fingerprint density at radius 3 is 2.28 bits per heavy atom. The van der Waals surface area contributed by atoms with Crippen LogP contribution in [0.15, 0.2) is 48.5 Å². The van der Waals surface area contributed by atoms with Gasteiger partial charge in [0.25, 0.3) is 0 Å². The van der Waals surface area contributed by atoms with Crippen molar-refractivity contribution < 1.29 is 4.74 Å². The van der Waals surface area contributed by atoms with Crippen molar-refractivity contribution >= 4 is 17.3 Å². The monoisotopic (exact) mass is 410 g/mol. The lowest BCUT2D eigenvalue weighted by Crippen LogP contribution is -2.44. The van der Waals surface area contributed by atoms with Crippen LogP contribution in [0.3, 0.4) is 0 Å². The Kier molecular flexibility index (Phi) is 8.36. The summed E-state index contributed by atoms with van der Waals surface area (Å²) in [7, 11) is 1.70. The molecule has 0 saturated heterocycles. The normalized spacial score (nSPS) is 15.2. The number of benzene rings is 2. The summed E-state index contributed by atoms with van der Waals surface area (Å²) in [4.78, 5) is 2.30. The Labute approximate surface area is 181 Å². The number of nitrogens with zero attached hydrogens (tertiary/aromatic N) is 1. The Hall–Kier alpha value is -2.07. The van der Waals surface area contributed by atoms with Gasteiger partial charge in [0, 0.05) is 19.1 Å². The molecule has 0 aliphatic heterocycles. The first-order chi connectivity index (χ1) is 14.2. The third-order valence-electron chi connectivity index (χ3n) is 5.87. The first-order valence-corrected chi connectivity index (χ1v) is 11.3. The molecule has 1 aliphatic carbocycles. The third-order valence-corrected chi connectivity index (χ3v) is 6.25. The summed E-state index contributed by atoms with van der Waals surface area (Å²) in [5.74, 6) is 0.884. The lowest BCUT2D eigenvalue weighted by Gasteiger charge is -2.30. The number of nitrogens with one attached hydrogen (secondary N) is 1. The molecule has 0 bridgehead atoms. The van der Waals surface area contributed by atoms with Crippen molar-refractivity contribution in [3.8, 4) is 5.75 Å². The lowest BCUT2D eigenvalue weighted by molar-refractivity contribution is 0.369. The first-order valence-electron chi connectivity index (χ1n) is 10.9. The van der Waals surface area contributed by atoms with Gasteiger partial charge in [-0.15, -0.1) is 0 Å². The van der Waals surface area contributed by atoms with E-state index in [4.69, 9.17) is 17.0 Å². The number of thiocarbonyl (C=S) groups is 1. The summed E-state index contributed by atoms with van der Waals surface area (Å²) in [6.07, 6.45) is 9.14. The van der Waals surface area contributed by atoms with E-state index >= 15 is 0 Å². The van der Waals surface area contributed by atoms with Gasteiger partial charge >= 0.3 is 0 Å². The van der Waals surface area contributed by atoms with Gasteiger partial charge in [-0.05, 0) is 60.8 Å². The minimum Gasteiger partial charge on any atom is -0.497 e. The number of ether oxygens (including phenoxy) is 1. The van der Waals surface area contributed by atoms with Crippen molar-refractivity contribution in [1.29, 1.82) is 0 Å². The number of rotatable bonds is 6. The molecule has 29 heavy (non-hydrogen) atoms. The smallest absolute Gasteiger partial charge is 0.169 e. The van der Waals surface area contributed by atoms with Crippen molar-refractivity contribution in [1.82, 2.24) is 10.2 Å². The highest BCUT2D eigenvalue weighted by molar-refractivity contribution is 7.80. The second-order valence-corrected chi connectivity index (χ2v) is 8.51. The van der Waals surface area contributed by atoms with E-state index in [1.54, 1.807) is 7.11 Å². The van der Waals surface area contributed by atoms with Crippen LogP contribution in [0.25, 0.3) is 0 Å². The van der Waals surface area contributed by atoms with Gasteiger partial charge in [0.15, 0.2) is 5.11 Å². The van der Waals surface area contributed by atoms with Gasteiger partial charge in [0.05, 0.1) is 7.11 Å². The van der Waals surface area contributed by atoms with Crippen molar-refractivity contribution in [2.24, 2.45) is 0 Å². The standard InChI is InChI=1S/C25H34N2OS/c1-20-10-8-9-11-22(20)19-27(18-21-14-16-24(28-2)17-15-21)25(29)26-23-12-6-4-3-5-7-13-23/h8-11,14-17,23H,3-7,12-13,18-19H2,1-2H3,(H,26,29). The van der Waals surface area contributed by atoms with Gasteiger partial charge < -0.3 is 15.0 Å². The minimum absolute atomic E-state index is 0.498. The highest BCUT2D eigenvalue weighted by Crippen LogP contribution is 2.20. The number of hydrogen-bond donors (Lipinski definition) is 1. The second kappa shape index (κ2) is 11.2. The van der Waals surface area contributed by atoms with Crippen molar-refractivity contribution in [3.63, 3.8) is 0 Å². The van der Waals surface area contributed by atoms with Gasteiger partial charge in [0.2, 0.25) is 0 Å². The SMILES string of the molecule is COc1ccc(CN(Cc2ccccc2C)C(=S)NC2CCCCCCC2)cc1. The van der Waals surface area contributed by atoms with Gasteiger partial charge in [-0.25, -0.2) is 0 Å². The molecule has 0 radical (unpaired) electrons. The highest BCUT2D eigenvalue weighted by atomic mass is 32.1. The summed E-state index contributed by atoms with van der Waals surface area (Å²) in [5.41, 5.74) is 3.87. The molecule has 0 spiro atoms. The second-order valence-electron chi connectivity index (χ2n) is 8.12. The van der Waals surface area contributed by atoms with Crippen LogP contribution < -0.4 is 10.1 Å². The zero-order valence-corrected chi connectivity index (χ0v) is 18.6. The molecule has 0 heterocycles. The van der Waals surface area contributed by atoms with Crippen LogP contribution in [0.5, 0.6) is 5.75 Å². The molecule has 0 unspecified atom stereocenters. The summed E-state index contributed by atoms with van der Waals surface area (Å²) in [6.45, 7) is 3.78. The van der Waals surface area contributed by atoms with Crippen LogP contribution in [-0.2, 0) is 13.1 Å². The highest BCUT2D eigenvalue weighted by Gasteiger charge is 2.17. The fraction of sp³-hybridized carbons (Fsp3) is 0.480. The predicted molar refractivity (Wildman–Crippen MR) is 125 cm³/mol. The quantitative estimate of drug-likeness (QED) is 0.591. The van der Waals surface area contributed by atoms with E-state index in [9.17, 15) is 0 Å².